The molecule has 0 aromatic rings. The summed E-state index contributed by atoms with van der Waals surface area (Å²) in [4.78, 5) is 1.76. The van der Waals surface area contributed by atoms with Crippen LogP contribution in [0.2, 0.25) is 0 Å². The van der Waals surface area contributed by atoms with Crippen LogP contribution in [-0.4, -0.2) is 18.3 Å². The first-order valence-corrected chi connectivity index (χ1v) is 2.39. The summed E-state index contributed by atoms with van der Waals surface area (Å²) in [5.41, 5.74) is 0. The lowest BCUT2D eigenvalue weighted by Gasteiger charge is -2.01. The van der Waals surface area contributed by atoms with Crippen LogP contribution in [0.15, 0.2) is 17.4 Å². The van der Waals surface area contributed by atoms with E-state index in [0.29, 0.717) is 0 Å². The third-order valence-corrected chi connectivity index (χ3v) is 0.633. The Hall–Kier alpha value is -0.990. The van der Waals surface area contributed by atoms with Crippen molar-refractivity contribution in [2.24, 2.45) is 10.9 Å². The van der Waals surface area contributed by atoms with Gasteiger partial charge >= 0.3 is 0 Å². The molecule has 0 aliphatic carbocycles. The van der Waals surface area contributed by atoms with Crippen LogP contribution in [0.3, 0.4) is 0 Å². The van der Waals surface area contributed by atoms with Gasteiger partial charge in [-0.05, 0) is 6.92 Å². The molecule has 0 atom stereocenters. The van der Waals surface area contributed by atoms with Crippen LogP contribution >= 0.6 is 0 Å². The molecule has 2 N–H and O–H groups in total. The third kappa shape index (κ3) is 3.21. The van der Waals surface area contributed by atoms with Gasteiger partial charge in [0.15, 0.2) is 0 Å². The summed E-state index contributed by atoms with van der Waals surface area (Å²) in [5, 5.41) is 3.30. The van der Waals surface area contributed by atoms with Crippen molar-refractivity contribution < 1.29 is 0 Å². The van der Waals surface area contributed by atoms with Crippen molar-refractivity contribution in [3.8, 4) is 0 Å². The van der Waals surface area contributed by atoms with Gasteiger partial charge in [0.1, 0.15) is 6.34 Å². The second-order valence-corrected chi connectivity index (χ2v) is 1.41. The summed E-state index contributed by atoms with van der Waals surface area (Å²) in [6.45, 7) is 1.93. The first kappa shape index (κ1) is 7.01. The van der Waals surface area contributed by atoms with E-state index in [2.05, 4.69) is 5.10 Å². The van der Waals surface area contributed by atoms with E-state index in [-0.39, 0.29) is 0 Å². The second-order valence-electron chi connectivity index (χ2n) is 1.41. The molecule has 0 amide bonds. The molecule has 0 spiro atoms. The van der Waals surface area contributed by atoms with Crippen molar-refractivity contribution in [3.05, 3.63) is 12.3 Å². The summed E-state index contributed by atoms with van der Waals surface area (Å²) in [5.74, 6) is 4.85. The Bertz CT molecular complexity index is 83.8. The molecule has 0 aromatic heterocycles. The maximum absolute atomic E-state index is 4.85. The topological polar surface area (TPSA) is 41.6 Å². The Kier molecular flexibility index (Phi) is 3.66. The largest absolute Gasteiger partial charge is 0.341 e. The van der Waals surface area contributed by atoms with Crippen LogP contribution in [0.5, 0.6) is 0 Å². The van der Waals surface area contributed by atoms with Crippen molar-refractivity contribution in [1.29, 1.82) is 0 Å². The molecular weight excluding hydrogens is 102 g/mol. The van der Waals surface area contributed by atoms with E-state index in [9.17, 15) is 0 Å². The Morgan fingerprint density at radius 3 is 2.62 bits per heavy atom. The predicted octanol–water partition coefficient (Wildman–Crippen LogP) is 0.354. The van der Waals surface area contributed by atoms with Crippen LogP contribution in [0.1, 0.15) is 6.92 Å². The van der Waals surface area contributed by atoms with Crippen molar-refractivity contribution in [3.63, 3.8) is 0 Å². The Morgan fingerprint density at radius 2 is 2.25 bits per heavy atom. The number of hydrazone groups is 1. The molecule has 0 heterocycles. The van der Waals surface area contributed by atoms with Gasteiger partial charge in [0, 0.05) is 13.2 Å². The van der Waals surface area contributed by atoms with E-state index in [4.69, 9.17) is 5.84 Å². The van der Waals surface area contributed by atoms with Crippen LogP contribution in [0, 0.1) is 0 Å². The quantitative estimate of drug-likeness (QED) is 0.243. The first-order valence-electron chi connectivity index (χ1n) is 2.39. The minimum Gasteiger partial charge on any atom is -0.341 e. The molecule has 0 bridgehead atoms. The van der Waals surface area contributed by atoms with Gasteiger partial charge in [-0.15, -0.1) is 0 Å². The number of rotatable bonds is 2. The highest BCUT2D eigenvalue weighted by atomic mass is 15.2. The standard InChI is InChI=1S/C5H11N3/c1-3-4-8(2)5-7-6/h3-5H,6H2,1-2H3/b4-3+,7-5-. The zero-order chi connectivity index (χ0) is 6.41. The van der Waals surface area contributed by atoms with Crippen LogP contribution in [0.4, 0.5) is 0 Å². The number of hydrogen-bond acceptors (Lipinski definition) is 2. The Balaban J connectivity index is 3.47. The molecule has 0 fully saturated rings. The van der Waals surface area contributed by atoms with E-state index in [0.717, 1.165) is 0 Å². The molecule has 0 aliphatic rings. The lowest BCUT2D eigenvalue weighted by Crippen LogP contribution is -2.07. The number of hydrogen-bond donors (Lipinski definition) is 1. The van der Waals surface area contributed by atoms with E-state index < -0.39 is 0 Å². The maximum Gasteiger partial charge on any atom is 0.114 e. The first-order chi connectivity index (χ1) is 3.81. The van der Waals surface area contributed by atoms with Gasteiger partial charge in [-0.2, -0.15) is 5.10 Å². The van der Waals surface area contributed by atoms with Gasteiger partial charge in [-0.1, -0.05) is 6.08 Å². The molecule has 46 valence electrons. The highest BCUT2D eigenvalue weighted by Gasteiger charge is 1.75. The molecular formula is C5H11N3. The lowest BCUT2D eigenvalue weighted by atomic mass is 10.7. The fraction of sp³-hybridized carbons (Fsp3) is 0.400. The highest BCUT2D eigenvalue weighted by molar-refractivity contribution is 5.55. The van der Waals surface area contributed by atoms with E-state index >= 15 is 0 Å². The summed E-state index contributed by atoms with van der Waals surface area (Å²) in [6.07, 6.45) is 5.29. The van der Waals surface area contributed by atoms with Crippen molar-refractivity contribution >= 4 is 6.34 Å². The molecule has 3 nitrogen and oxygen atoms in total. The van der Waals surface area contributed by atoms with Crippen molar-refractivity contribution in [2.45, 2.75) is 6.92 Å². The molecule has 0 saturated heterocycles. The highest BCUT2D eigenvalue weighted by Crippen LogP contribution is 1.75. The average molecular weight is 113 g/mol. The summed E-state index contributed by atoms with van der Waals surface area (Å²) in [6, 6.07) is 0. The summed E-state index contributed by atoms with van der Waals surface area (Å²) >= 11 is 0. The number of nitrogens with zero attached hydrogens (tertiary/aromatic N) is 2. The molecule has 0 unspecified atom stereocenters. The zero-order valence-electron chi connectivity index (χ0n) is 5.20. The summed E-state index contributed by atoms with van der Waals surface area (Å²) in [7, 11) is 1.86. The normalized spacial score (nSPS) is 11.2. The fourth-order valence-electron chi connectivity index (χ4n) is 0.379. The number of allylic oxidation sites excluding steroid dienone is 1. The monoisotopic (exact) mass is 113 g/mol. The van der Waals surface area contributed by atoms with Gasteiger partial charge in [-0.3, -0.25) is 0 Å². The van der Waals surface area contributed by atoms with Gasteiger partial charge in [0.05, 0.1) is 0 Å². The smallest absolute Gasteiger partial charge is 0.114 e. The third-order valence-electron chi connectivity index (χ3n) is 0.633. The minimum absolute atomic E-state index is 1.53. The van der Waals surface area contributed by atoms with Crippen molar-refractivity contribution in [2.75, 3.05) is 7.05 Å². The second kappa shape index (κ2) is 4.18. The SMILES string of the molecule is C/C=C/N(C)/C=N\N. The molecule has 0 rings (SSSR count). The molecule has 0 saturated carbocycles. The maximum atomic E-state index is 4.85. The average Bonchev–Trinajstić information content (AvgIpc) is 1.68. The lowest BCUT2D eigenvalue weighted by molar-refractivity contribution is 0.705. The van der Waals surface area contributed by atoms with Gasteiger partial charge in [0.2, 0.25) is 0 Å². The molecule has 3 heteroatoms. The van der Waals surface area contributed by atoms with Crippen LogP contribution < -0.4 is 5.84 Å². The van der Waals surface area contributed by atoms with Gasteiger partial charge < -0.3 is 10.7 Å². The molecule has 8 heavy (non-hydrogen) atoms. The molecule has 0 aliphatic heterocycles. The van der Waals surface area contributed by atoms with Crippen LogP contribution in [0.25, 0.3) is 0 Å². The van der Waals surface area contributed by atoms with Crippen LogP contribution in [-0.2, 0) is 0 Å². The van der Waals surface area contributed by atoms with Crippen molar-refractivity contribution in [1.82, 2.24) is 4.90 Å². The van der Waals surface area contributed by atoms with E-state index in [1.165, 1.54) is 6.34 Å². The van der Waals surface area contributed by atoms with Gasteiger partial charge in [-0.25, -0.2) is 0 Å². The Morgan fingerprint density at radius 1 is 1.62 bits per heavy atom. The van der Waals surface area contributed by atoms with E-state index in [1.54, 1.807) is 4.90 Å². The minimum atomic E-state index is 1.53. The zero-order valence-corrected chi connectivity index (χ0v) is 5.20. The van der Waals surface area contributed by atoms with E-state index in [1.807, 2.05) is 26.2 Å². The fourth-order valence-corrected chi connectivity index (χ4v) is 0.379. The summed E-state index contributed by atoms with van der Waals surface area (Å²) < 4.78 is 0. The predicted molar refractivity (Wildman–Crippen MR) is 35.3 cm³/mol. The Labute approximate surface area is 49.5 Å². The molecule has 0 aromatic carbocycles. The molecule has 0 radical (unpaired) electrons. The van der Waals surface area contributed by atoms with Gasteiger partial charge in [0.25, 0.3) is 0 Å². The number of nitrogens with two attached hydrogens (primary N) is 1.